The number of rotatable bonds is 7. The quantitative estimate of drug-likeness (QED) is 0.395. The number of amides is 1. The zero-order valence-electron chi connectivity index (χ0n) is 16.3. The minimum atomic E-state index is -3.73. The highest BCUT2D eigenvalue weighted by Gasteiger charge is 2.11. The number of anilines is 1. The van der Waals surface area contributed by atoms with Gasteiger partial charge in [-0.2, -0.15) is 0 Å². The number of fused-ring (bicyclic) bond motifs is 1. The minimum Gasteiger partial charge on any atom is -0.360 e. The average molecular weight is 454 g/mol. The van der Waals surface area contributed by atoms with Crippen LogP contribution < -0.4 is 15.8 Å². The summed E-state index contributed by atoms with van der Waals surface area (Å²) in [6.45, 7) is 0.305. The monoisotopic (exact) mass is 453 g/mol. The van der Waals surface area contributed by atoms with Crippen molar-refractivity contribution in [3.63, 3.8) is 0 Å². The lowest BCUT2D eigenvalue weighted by atomic mass is 10.2. The Hall–Kier alpha value is -3.34. The van der Waals surface area contributed by atoms with Crippen LogP contribution in [0.15, 0.2) is 71.9 Å². The van der Waals surface area contributed by atoms with Crippen LogP contribution in [-0.4, -0.2) is 30.8 Å². The van der Waals surface area contributed by atoms with E-state index in [9.17, 15) is 13.2 Å². The van der Waals surface area contributed by atoms with E-state index in [1.54, 1.807) is 23.5 Å². The number of aromatic nitrogens is 2. The van der Waals surface area contributed by atoms with Gasteiger partial charge in [0, 0.05) is 11.4 Å². The van der Waals surface area contributed by atoms with Gasteiger partial charge in [0.15, 0.2) is 0 Å². The molecule has 0 aliphatic heterocycles. The number of benzene rings is 2. The topological polar surface area (TPSA) is 127 Å². The SMILES string of the molecule is NS(=O)(=O)c1ccc(CNC(=O)CNc2ncnc3sc(-c4ccccc4)cc23)cc1. The Labute approximate surface area is 183 Å². The first kappa shape index (κ1) is 20.9. The molecule has 10 heteroatoms. The van der Waals surface area contributed by atoms with E-state index < -0.39 is 10.0 Å². The summed E-state index contributed by atoms with van der Waals surface area (Å²) in [4.78, 5) is 22.8. The van der Waals surface area contributed by atoms with Crippen LogP contribution in [0.5, 0.6) is 0 Å². The van der Waals surface area contributed by atoms with Gasteiger partial charge in [0.05, 0.1) is 16.8 Å². The van der Waals surface area contributed by atoms with Gasteiger partial charge in [0.1, 0.15) is 17.0 Å². The highest BCUT2D eigenvalue weighted by atomic mass is 32.2. The number of carbonyl (C=O) groups excluding carboxylic acids is 1. The molecule has 0 aliphatic carbocycles. The summed E-state index contributed by atoms with van der Waals surface area (Å²) in [5.41, 5.74) is 1.86. The molecule has 2 aromatic carbocycles. The molecule has 0 bridgehead atoms. The molecule has 4 rings (SSSR count). The third kappa shape index (κ3) is 5.05. The Morgan fingerprint density at radius 1 is 1.03 bits per heavy atom. The van der Waals surface area contributed by atoms with Crippen LogP contribution in [0, 0.1) is 0 Å². The highest BCUT2D eigenvalue weighted by Crippen LogP contribution is 2.34. The second kappa shape index (κ2) is 8.80. The lowest BCUT2D eigenvalue weighted by Gasteiger charge is -2.08. The van der Waals surface area contributed by atoms with Crippen molar-refractivity contribution in [2.24, 2.45) is 5.14 Å². The standard InChI is InChI=1S/C21H19N5O3S2/c22-31(28,29)16-8-6-14(7-9-16)11-23-19(27)12-24-20-17-10-18(15-4-2-1-3-5-15)30-21(17)26-13-25-20/h1-10,13H,11-12H2,(H,23,27)(H2,22,28,29)(H,24,25,26). The summed E-state index contributed by atoms with van der Waals surface area (Å²) >= 11 is 1.57. The molecule has 1 amide bonds. The van der Waals surface area contributed by atoms with Crippen molar-refractivity contribution in [2.45, 2.75) is 11.4 Å². The number of primary sulfonamides is 1. The fourth-order valence-corrected chi connectivity index (χ4v) is 4.49. The third-order valence-corrected chi connectivity index (χ3v) is 6.57. The number of sulfonamides is 1. The zero-order valence-corrected chi connectivity index (χ0v) is 17.9. The van der Waals surface area contributed by atoms with Crippen molar-refractivity contribution in [1.82, 2.24) is 15.3 Å². The van der Waals surface area contributed by atoms with Gasteiger partial charge < -0.3 is 10.6 Å². The molecular weight excluding hydrogens is 434 g/mol. The second-order valence-corrected chi connectivity index (χ2v) is 9.33. The van der Waals surface area contributed by atoms with Gasteiger partial charge in [-0.1, -0.05) is 42.5 Å². The van der Waals surface area contributed by atoms with Crippen LogP contribution in [0.3, 0.4) is 0 Å². The maximum absolute atomic E-state index is 12.2. The first-order valence-corrected chi connectivity index (χ1v) is 11.7. The van der Waals surface area contributed by atoms with Crippen molar-refractivity contribution in [3.8, 4) is 10.4 Å². The number of carbonyl (C=O) groups is 1. The molecule has 2 aromatic heterocycles. The smallest absolute Gasteiger partial charge is 0.239 e. The summed E-state index contributed by atoms with van der Waals surface area (Å²) < 4.78 is 22.6. The predicted molar refractivity (Wildman–Crippen MR) is 121 cm³/mol. The van der Waals surface area contributed by atoms with Gasteiger partial charge >= 0.3 is 0 Å². The number of nitrogens with two attached hydrogens (primary N) is 1. The molecule has 8 nitrogen and oxygen atoms in total. The van der Waals surface area contributed by atoms with Gasteiger partial charge in [0.2, 0.25) is 15.9 Å². The van der Waals surface area contributed by atoms with E-state index in [4.69, 9.17) is 5.14 Å². The van der Waals surface area contributed by atoms with Crippen molar-refractivity contribution in [3.05, 3.63) is 72.6 Å². The average Bonchev–Trinajstić information content (AvgIpc) is 3.21. The molecule has 0 unspecified atom stereocenters. The number of thiophene rings is 1. The van der Waals surface area contributed by atoms with Gasteiger partial charge in [-0.15, -0.1) is 11.3 Å². The van der Waals surface area contributed by atoms with Gasteiger partial charge in [-0.25, -0.2) is 23.5 Å². The van der Waals surface area contributed by atoms with E-state index in [0.29, 0.717) is 5.82 Å². The maximum atomic E-state index is 12.2. The predicted octanol–water partition coefficient (Wildman–Crippen LogP) is 2.73. The summed E-state index contributed by atoms with van der Waals surface area (Å²) in [5.74, 6) is 0.372. The van der Waals surface area contributed by atoms with E-state index in [2.05, 4.69) is 20.6 Å². The zero-order chi connectivity index (χ0) is 21.8. The Bertz CT molecular complexity index is 1320. The second-order valence-electron chi connectivity index (χ2n) is 6.74. The summed E-state index contributed by atoms with van der Waals surface area (Å²) in [7, 11) is -3.73. The lowest BCUT2D eigenvalue weighted by Crippen LogP contribution is -2.29. The largest absolute Gasteiger partial charge is 0.360 e. The molecule has 2 heterocycles. The molecule has 0 radical (unpaired) electrons. The van der Waals surface area contributed by atoms with Crippen LogP contribution in [0.25, 0.3) is 20.7 Å². The third-order valence-electron chi connectivity index (χ3n) is 4.55. The molecule has 0 aliphatic rings. The van der Waals surface area contributed by atoms with E-state index >= 15 is 0 Å². The van der Waals surface area contributed by atoms with Crippen LogP contribution in [0.2, 0.25) is 0 Å². The molecular formula is C21H19N5O3S2. The van der Waals surface area contributed by atoms with Gasteiger partial charge in [-0.3, -0.25) is 4.79 Å². The van der Waals surface area contributed by atoms with E-state index in [1.807, 2.05) is 36.4 Å². The summed E-state index contributed by atoms with van der Waals surface area (Å²) in [6.07, 6.45) is 1.47. The van der Waals surface area contributed by atoms with Crippen LogP contribution >= 0.6 is 11.3 Å². The Kier molecular flexibility index (Phi) is 5.94. The maximum Gasteiger partial charge on any atom is 0.239 e. The number of nitrogens with zero attached hydrogens (tertiary/aromatic N) is 2. The lowest BCUT2D eigenvalue weighted by molar-refractivity contribution is -0.119. The van der Waals surface area contributed by atoms with Gasteiger partial charge in [-0.05, 0) is 29.3 Å². The van der Waals surface area contributed by atoms with Crippen molar-refractivity contribution >= 4 is 43.3 Å². The van der Waals surface area contributed by atoms with Crippen LogP contribution in [0.1, 0.15) is 5.56 Å². The van der Waals surface area contributed by atoms with Gasteiger partial charge in [0.25, 0.3) is 0 Å². The first-order valence-electron chi connectivity index (χ1n) is 9.32. The first-order chi connectivity index (χ1) is 14.9. The molecule has 0 saturated heterocycles. The molecule has 31 heavy (non-hydrogen) atoms. The Morgan fingerprint density at radius 2 is 1.77 bits per heavy atom. The van der Waals surface area contributed by atoms with Crippen molar-refractivity contribution in [1.29, 1.82) is 0 Å². The number of hydrogen-bond donors (Lipinski definition) is 3. The summed E-state index contributed by atoms with van der Waals surface area (Å²) in [5, 5.41) is 11.8. The van der Waals surface area contributed by atoms with E-state index in [0.717, 1.165) is 26.2 Å². The normalized spacial score (nSPS) is 11.4. The molecule has 0 spiro atoms. The van der Waals surface area contributed by atoms with E-state index in [1.165, 1.54) is 18.5 Å². The fourth-order valence-electron chi connectivity index (χ4n) is 2.97. The molecule has 4 N–H and O–H groups in total. The highest BCUT2D eigenvalue weighted by molar-refractivity contribution is 7.89. The number of nitrogens with one attached hydrogen (secondary N) is 2. The van der Waals surface area contributed by atoms with Crippen molar-refractivity contribution < 1.29 is 13.2 Å². The molecule has 158 valence electrons. The van der Waals surface area contributed by atoms with Crippen LogP contribution in [0.4, 0.5) is 5.82 Å². The minimum absolute atomic E-state index is 0.0302. The fraction of sp³-hybridized carbons (Fsp3) is 0.0952. The molecule has 0 atom stereocenters. The summed E-state index contributed by atoms with van der Waals surface area (Å²) in [6, 6.07) is 18.1. The Morgan fingerprint density at radius 3 is 2.48 bits per heavy atom. The number of hydrogen-bond acceptors (Lipinski definition) is 7. The molecule has 0 saturated carbocycles. The van der Waals surface area contributed by atoms with E-state index in [-0.39, 0.29) is 23.9 Å². The van der Waals surface area contributed by atoms with Crippen molar-refractivity contribution in [2.75, 3.05) is 11.9 Å². The Balaban J connectivity index is 1.38. The van der Waals surface area contributed by atoms with Crippen LogP contribution in [-0.2, 0) is 21.4 Å². The molecule has 4 aromatic rings. The molecule has 0 fully saturated rings.